The van der Waals surface area contributed by atoms with Crippen LogP contribution in [0.4, 0.5) is 0 Å². The standard InChI is InChI=1S/C25H35NO4/c1-3-4-13-30-23-20(28)8-7-18-14-21-25(29-2)10-9-19(27)15-24(25,22(18)23)11-12-26(21)16-17-5-6-17/h7-8,17,21,28H,3-6,9-16H2,1-2H3/t21-,24-,25-/m1/s1. The highest BCUT2D eigenvalue weighted by atomic mass is 16.5. The molecule has 1 N–H and O–H groups in total. The van der Waals surface area contributed by atoms with E-state index in [2.05, 4.69) is 17.9 Å². The molecule has 0 aromatic heterocycles. The first-order chi connectivity index (χ1) is 14.5. The number of carbonyl (C=O) groups excluding carboxylic acids is 1. The summed E-state index contributed by atoms with van der Waals surface area (Å²) in [6.45, 7) is 4.86. The molecular weight excluding hydrogens is 378 g/mol. The van der Waals surface area contributed by atoms with Crippen molar-refractivity contribution in [2.75, 3.05) is 26.8 Å². The number of hydrogen-bond acceptors (Lipinski definition) is 5. The Bertz CT molecular complexity index is 835. The van der Waals surface area contributed by atoms with Gasteiger partial charge in [0.1, 0.15) is 5.78 Å². The van der Waals surface area contributed by atoms with Gasteiger partial charge in [0, 0.05) is 43.5 Å². The van der Waals surface area contributed by atoms with Gasteiger partial charge in [0.05, 0.1) is 12.2 Å². The first kappa shape index (κ1) is 20.3. The van der Waals surface area contributed by atoms with E-state index in [9.17, 15) is 9.90 Å². The van der Waals surface area contributed by atoms with E-state index in [1.165, 1.54) is 18.4 Å². The molecule has 4 aliphatic rings. The second kappa shape index (κ2) is 7.52. The number of unbranched alkanes of at least 4 members (excludes halogenated alkanes) is 1. The highest BCUT2D eigenvalue weighted by Crippen LogP contribution is 2.62. The van der Waals surface area contributed by atoms with Crippen LogP contribution in [0.15, 0.2) is 12.1 Å². The Balaban J connectivity index is 1.65. The number of fused-ring (bicyclic) bond motifs is 1. The van der Waals surface area contributed by atoms with Crippen LogP contribution in [0.2, 0.25) is 0 Å². The summed E-state index contributed by atoms with van der Waals surface area (Å²) in [7, 11) is 1.84. The number of ether oxygens (including phenoxy) is 2. The summed E-state index contributed by atoms with van der Waals surface area (Å²) in [5, 5.41) is 10.8. The van der Waals surface area contributed by atoms with Crippen molar-refractivity contribution in [1.82, 2.24) is 4.90 Å². The molecule has 5 heteroatoms. The molecule has 1 aromatic carbocycles. The van der Waals surface area contributed by atoms with Gasteiger partial charge in [-0.1, -0.05) is 19.4 Å². The lowest BCUT2D eigenvalue weighted by atomic mass is 9.49. The van der Waals surface area contributed by atoms with E-state index in [1.54, 1.807) is 6.07 Å². The number of rotatable bonds is 7. The summed E-state index contributed by atoms with van der Waals surface area (Å²) in [6, 6.07) is 4.12. The van der Waals surface area contributed by atoms with Gasteiger partial charge in [-0.3, -0.25) is 9.69 Å². The smallest absolute Gasteiger partial charge is 0.165 e. The van der Waals surface area contributed by atoms with E-state index < -0.39 is 11.0 Å². The topological polar surface area (TPSA) is 59.0 Å². The van der Waals surface area contributed by atoms with Crippen LogP contribution in [-0.4, -0.2) is 54.2 Å². The minimum absolute atomic E-state index is 0.195. The van der Waals surface area contributed by atoms with E-state index in [4.69, 9.17) is 9.47 Å². The molecule has 0 amide bonds. The third-order valence-electron chi connectivity index (χ3n) is 8.30. The molecule has 0 radical (unpaired) electrons. The first-order valence-electron chi connectivity index (χ1n) is 11.8. The van der Waals surface area contributed by atoms with Crippen molar-refractivity contribution < 1.29 is 19.4 Å². The predicted octanol–water partition coefficient (Wildman–Crippen LogP) is 3.99. The Morgan fingerprint density at radius 3 is 2.83 bits per heavy atom. The number of phenols is 1. The summed E-state index contributed by atoms with van der Waals surface area (Å²) in [4.78, 5) is 15.5. The molecule has 5 nitrogen and oxygen atoms in total. The number of likely N-dealkylation sites (tertiary alicyclic amines) is 1. The van der Waals surface area contributed by atoms with Crippen molar-refractivity contribution in [1.29, 1.82) is 0 Å². The lowest BCUT2D eigenvalue weighted by Gasteiger charge is -2.65. The summed E-state index contributed by atoms with van der Waals surface area (Å²) >= 11 is 0. The van der Waals surface area contributed by atoms with Gasteiger partial charge in [0.15, 0.2) is 11.5 Å². The molecule has 0 unspecified atom stereocenters. The van der Waals surface area contributed by atoms with Crippen LogP contribution in [0.1, 0.15) is 69.4 Å². The molecular formula is C25H35NO4. The number of hydrogen-bond donors (Lipinski definition) is 1. The Hall–Kier alpha value is -1.59. The fraction of sp³-hybridized carbons (Fsp3) is 0.720. The molecule has 164 valence electrons. The molecule has 3 atom stereocenters. The highest BCUT2D eigenvalue weighted by molar-refractivity contribution is 5.83. The number of ketones is 1. The molecule has 1 heterocycles. The van der Waals surface area contributed by atoms with Gasteiger partial charge in [-0.15, -0.1) is 0 Å². The molecule has 2 bridgehead atoms. The summed E-state index contributed by atoms with van der Waals surface area (Å²) in [5.41, 5.74) is 1.50. The second-order valence-corrected chi connectivity index (χ2v) is 9.95. The second-order valence-electron chi connectivity index (χ2n) is 9.95. The van der Waals surface area contributed by atoms with Gasteiger partial charge in [-0.05, 0) is 62.6 Å². The zero-order valence-corrected chi connectivity index (χ0v) is 18.4. The Morgan fingerprint density at radius 2 is 2.10 bits per heavy atom. The molecule has 3 fully saturated rings. The molecule has 5 rings (SSSR count). The van der Waals surface area contributed by atoms with Crippen LogP contribution in [0, 0.1) is 5.92 Å². The van der Waals surface area contributed by atoms with E-state index in [1.807, 2.05) is 7.11 Å². The number of Topliss-reactive ketones (excluding diaryl/α,β-unsaturated/α-hetero) is 1. The maximum Gasteiger partial charge on any atom is 0.165 e. The Morgan fingerprint density at radius 1 is 1.27 bits per heavy atom. The number of phenolic OH excluding ortho intramolecular Hbond substituents is 1. The third-order valence-corrected chi connectivity index (χ3v) is 8.30. The fourth-order valence-corrected chi connectivity index (χ4v) is 6.69. The van der Waals surface area contributed by atoms with Gasteiger partial charge in [-0.25, -0.2) is 0 Å². The molecule has 2 saturated carbocycles. The molecule has 1 saturated heterocycles. The minimum Gasteiger partial charge on any atom is -0.504 e. The molecule has 0 spiro atoms. The largest absolute Gasteiger partial charge is 0.504 e. The zero-order valence-electron chi connectivity index (χ0n) is 18.4. The van der Waals surface area contributed by atoms with Crippen molar-refractivity contribution in [2.45, 2.75) is 81.8 Å². The van der Waals surface area contributed by atoms with Gasteiger partial charge in [-0.2, -0.15) is 0 Å². The number of methoxy groups -OCH3 is 1. The van der Waals surface area contributed by atoms with Crippen LogP contribution in [0.25, 0.3) is 0 Å². The summed E-state index contributed by atoms with van der Waals surface area (Å²) < 4.78 is 12.7. The van der Waals surface area contributed by atoms with Crippen molar-refractivity contribution in [3.8, 4) is 11.5 Å². The minimum atomic E-state index is -0.407. The van der Waals surface area contributed by atoms with Crippen molar-refractivity contribution in [2.24, 2.45) is 5.92 Å². The van der Waals surface area contributed by atoms with Crippen LogP contribution >= 0.6 is 0 Å². The molecule has 3 aliphatic carbocycles. The molecule has 1 aliphatic heterocycles. The number of piperidine rings is 1. The van der Waals surface area contributed by atoms with E-state index in [0.29, 0.717) is 31.0 Å². The average molecular weight is 414 g/mol. The maximum atomic E-state index is 12.8. The van der Waals surface area contributed by atoms with E-state index in [0.717, 1.165) is 56.7 Å². The lowest BCUT2D eigenvalue weighted by Crippen LogP contribution is -2.74. The molecule has 1 aromatic rings. The van der Waals surface area contributed by atoms with Crippen molar-refractivity contribution >= 4 is 5.78 Å². The van der Waals surface area contributed by atoms with Crippen LogP contribution in [0.3, 0.4) is 0 Å². The number of aromatic hydroxyl groups is 1. The predicted molar refractivity (Wildman–Crippen MR) is 115 cm³/mol. The quantitative estimate of drug-likeness (QED) is 0.685. The normalized spacial score (nSPS) is 33.1. The lowest BCUT2D eigenvalue weighted by molar-refractivity contribution is -0.188. The van der Waals surface area contributed by atoms with Gasteiger partial charge >= 0.3 is 0 Å². The monoisotopic (exact) mass is 413 g/mol. The fourth-order valence-electron chi connectivity index (χ4n) is 6.69. The molecule has 30 heavy (non-hydrogen) atoms. The highest BCUT2D eigenvalue weighted by Gasteiger charge is 2.67. The maximum absolute atomic E-state index is 12.8. The van der Waals surface area contributed by atoms with Crippen LogP contribution in [0.5, 0.6) is 11.5 Å². The number of nitrogens with zero attached hydrogens (tertiary/aromatic N) is 1. The first-order valence-corrected chi connectivity index (χ1v) is 11.8. The van der Waals surface area contributed by atoms with Crippen LogP contribution in [-0.2, 0) is 21.4 Å². The average Bonchev–Trinajstić information content (AvgIpc) is 3.55. The summed E-state index contributed by atoms with van der Waals surface area (Å²) in [5.74, 6) is 1.94. The summed E-state index contributed by atoms with van der Waals surface area (Å²) in [6.07, 6.45) is 8.30. The van der Waals surface area contributed by atoms with Gasteiger partial charge in [0.2, 0.25) is 0 Å². The Kier molecular flexibility index (Phi) is 5.10. The van der Waals surface area contributed by atoms with Gasteiger partial charge in [0.25, 0.3) is 0 Å². The van der Waals surface area contributed by atoms with E-state index >= 15 is 0 Å². The van der Waals surface area contributed by atoms with Gasteiger partial charge < -0.3 is 14.6 Å². The van der Waals surface area contributed by atoms with E-state index in [-0.39, 0.29) is 11.8 Å². The zero-order chi connectivity index (χ0) is 20.9. The third kappa shape index (κ3) is 2.92. The number of benzene rings is 1. The van der Waals surface area contributed by atoms with Crippen LogP contribution < -0.4 is 4.74 Å². The SMILES string of the molecule is CCCCOc1c(O)ccc2c1[C@]13CCN(CC4CC4)[C@H](C2)[C@]1(OC)CCC(=O)C3. The van der Waals surface area contributed by atoms with Crippen molar-refractivity contribution in [3.63, 3.8) is 0 Å². The van der Waals surface area contributed by atoms with Crippen molar-refractivity contribution in [3.05, 3.63) is 23.3 Å². The Labute approximate surface area is 179 Å². The number of carbonyl (C=O) groups is 1.